The zero-order valence-electron chi connectivity index (χ0n) is 14.2. The number of allylic oxidation sites excluding steroid dienone is 2. The van der Waals surface area contributed by atoms with Crippen LogP contribution in [0.3, 0.4) is 0 Å². The molecule has 0 saturated heterocycles. The van der Waals surface area contributed by atoms with Crippen molar-refractivity contribution in [2.75, 3.05) is 0 Å². The van der Waals surface area contributed by atoms with Crippen LogP contribution in [0.15, 0.2) is 31.4 Å². The van der Waals surface area contributed by atoms with E-state index in [1.54, 1.807) is 12.2 Å². The number of carbonyl (C=O) groups is 1. The Kier molecular flexibility index (Phi) is 6.64. The van der Waals surface area contributed by atoms with Gasteiger partial charge in [-0.05, 0) is 56.0 Å². The number of nitrogens with one attached hydrogen (secondary N) is 1. The van der Waals surface area contributed by atoms with Gasteiger partial charge < -0.3 is 10.1 Å². The maximum atomic E-state index is 11.8. The fraction of sp³-hybridized carbons (Fsp3) is 0.316. The number of carbonyl (C=O) groups excluding carboxylic acids is 1. The fourth-order valence-corrected chi connectivity index (χ4v) is 2.32. The molecule has 23 heavy (non-hydrogen) atoms. The van der Waals surface area contributed by atoms with Crippen LogP contribution in [-0.2, 0) is 11.3 Å². The molecule has 1 aromatic carbocycles. The number of hydrogen-bond acceptors (Lipinski definition) is 2. The van der Waals surface area contributed by atoms with Crippen LogP contribution in [0.5, 0.6) is 0 Å². The van der Waals surface area contributed by atoms with Crippen molar-refractivity contribution in [2.24, 2.45) is 0 Å². The molecule has 1 aromatic rings. The van der Waals surface area contributed by atoms with E-state index in [4.69, 9.17) is 16.3 Å². The first-order valence-corrected chi connectivity index (χ1v) is 7.77. The van der Waals surface area contributed by atoms with Crippen molar-refractivity contribution in [3.8, 4) is 0 Å². The van der Waals surface area contributed by atoms with Crippen molar-refractivity contribution in [2.45, 2.75) is 39.8 Å². The molecule has 0 radical (unpaired) electrons. The molecular formula is C19H24ClNO2. The van der Waals surface area contributed by atoms with Crippen LogP contribution in [0.25, 0.3) is 12.2 Å². The first-order valence-electron chi connectivity index (χ1n) is 7.40. The van der Waals surface area contributed by atoms with E-state index in [0.29, 0.717) is 11.6 Å². The Hall–Kier alpha value is -2.00. The molecule has 1 amide bonds. The van der Waals surface area contributed by atoms with Crippen LogP contribution in [0.2, 0.25) is 5.02 Å². The van der Waals surface area contributed by atoms with Crippen LogP contribution in [0.1, 0.15) is 43.0 Å². The summed E-state index contributed by atoms with van der Waals surface area (Å²) in [6, 6.07) is 1.84. The summed E-state index contributed by atoms with van der Waals surface area (Å²) < 4.78 is 5.25. The van der Waals surface area contributed by atoms with Crippen LogP contribution >= 0.6 is 11.6 Å². The normalized spacial score (nSPS) is 11.3. The highest BCUT2D eigenvalue weighted by atomic mass is 35.5. The molecule has 0 fully saturated rings. The molecule has 0 aromatic heterocycles. The lowest BCUT2D eigenvalue weighted by molar-refractivity contribution is 0.0523. The molecule has 0 saturated carbocycles. The quantitative estimate of drug-likeness (QED) is 0.721. The van der Waals surface area contributed by atoms with Crippen LogP contribution in [-0.4, -0.2) is 11.7 Å². The summed E-state index contributed by atoms with van der Waals surface area (Å²) in [5.74, 6) is 0. The van der Waals surface area contributed by atoms with Gasteiger partial charge in [0.1, 0.15) is 5.60 Å². The number of hydrogen-bond donors (Lipinski definition) is 1. The van der Waals surface area contributed by atoms with Gasteiger partial charge in [-0.2, -0.15) is 0 Å². The second kappa shape index (κ2) is 8.02. The van der Waals surface area contributed by atoms with Gasteiger partial charge in [-0.3, -0.25) is 0 Å². The Labute approximate surface area is 143 Å². The molecule has 4 heteroatoms. The zero-order chi connectivity index (χ0) is 17.6. The first kappa shape index (κ1) is 19.0. The van der Waals surface area contributed by atoms with Crippen LogP contribution in [0, 0.1) is 6.92 Å². The molecule has 1 N–H and O–H groups in total. The van der Waals surface area contributed by atoms with E-state index in [-0.39, 0.29) is 0 Å². The van der Waals surface area contributed by atoms with E-state index >= 15 is 0 Å². The number of rotatable bonds is 5. The Morgan fingerprint density at radius 2 is 2.00 bits per heavy atom. The molecule has 0 aliphatic rings. The second-order valence-corrected chi connectivity index (χ2v) is 6.53. The third-order valence-electron chi connectivity index (χ3n) is 3.12. The maximum absolute atomic E-state index is 11.8. The first-order chi connectivity index (χ1) is 10.7. The summed E-state index contributed by atoms with van der Waals surface area (Å²) in [6.45, 7) is 15.3. The molecule has 124 valence electrons. The van der Waals surface area contributed by atoms with Gasteiger partial charge in [0.25, 0.3) is 0 Å². The monoisotopic (exact) mass is 333 g/mol. The van der Waals surface area contributed by atoms with Crippen molar-refractivity contribution in [1.82, 2.24) is 5.32 Å². The SMILES string of the molecule is C=C/C=C\c1c(C)c(Cl)cc(CNC(=O)OC(C)(C)C)c1C=C. The van der Waals surface area contributed by atoms with Crippen molar-refractivity contribution < 1.29 is 9.53 Å². The van der Waals surface area contributed by atoms with Crippen molar-refractivity contribution in [3.05, 3.63) is 58.7 Å². The lowest BCUT2D eigenvalue weighted by Crippen LogP contribution is -2.32. The fourth-order valence-electron chi connectivity index (χ4n) is 2.09. The van der Waals surface area contributed by atoms with Gasteiger partial charge in [0.2, 0.25) is 0 Å². The van der Waals surface area contributed by atoms with Gasteiger partial charge in [-0.25, -0.2) is 4.79 Å². The lowest BCUT2D eigenvalue weighted by atomic mass is 9.95. The zero-order valence-corrected chi connectivity index (χ0v) is 15.0. The highest BCUT2D eigenvalue weighted by molar-refractivity contribution is 6.31. The topological polar surface area (TPSA) is 38.3 Å². The Morgan fingerprint density at radius 3 is 2.52 bits per heavy atom. The summed E-state index contributed by atoms with van der Waals surface area (Å²) in [5.41, 5.74) is 3.20. The largest absolute Gasteiger partial charge is 0.444 e. The van der Waals surface area contributed by atoms with E-state index in [2.05, 4.69) is 18.5 Å². The molecule has 0 aliphatic heterocycles. The highest BCUT2D eigenvalue weighted by Gasteiger charge is 2.17. The Balaban J connectivity index is 3.09. The summed E-state index contributed by atoms with van der Waals surface area (Å²) in [5, 5.41) is 3.39. The number of halogens is 1. The minimum atomic E-state index is -0.534. The summed E-state index contributed by atoms with van der Waals surface area (Å²) in [6.07, 6.45) is 6.77. The van der Waals surface area contributed by atoms with Gasteiger partial charge in [-0.15, -0.1) is 0 Å². The van der Waals surface area contributed by atoms with Crippen molar-refractivity contribution in [1.29, 1.82) is 0 Å². The van der Waals surface area contributed by atoms with E-state index < -0.39 is 11.7 Å². The summed E-state index contributed by atoms with van der Waals surface area (Å²) >= 11 is 6.31. The summed E-state index contributed by atoms with van der Waals surface area (Å²) in [7, 11) is 0. The molecule has 0 aliphatic carbocycles. The number of alkyl carbamates (subject to hydrolysis) is 1. The number of benzene rings is 1. The Morgan fingerprint density at radius 1 is 1.35 bits per heavy atom. The smallest absolute Gasteiger partial charge is 0.407 e. The van der Waals surface area contributed by atoms with Crippen LogP contribution in [0.4, 0.5) is 4.79 Å². The van der Waals surface area contributed by atoms with Gasteiger partial charge in [0.05, 0.1) is 0 Å². The third kappa shape index (κ3) is 5.61. The van der Waals surface area contributed by atoms with Crippen molar-refractivity contribution >= 4 is 29.8 Å². The minimum Gasteiger partial charge on any atom is -0.444 e. The molecule has 1 rings (SSSR count). The predicted octanol–water partition coefficient (Wildman–Crippen LogP) is 5.52. The molecular weight excluding hydrogens is 310 g/mol. The third-order valence-corrected chi connectivity index (χ3v) is 3.52. The molecule has 0 unspecified atom stereocenters. The second-order valence-electron chi connectivity index (χ2n) is 6.12. The maximum Gasteiger partial charge on any atom is 0.407 e. The molecule has 0 bridgehead atoms. The average molecular weight is 334 g/mol. The predicted molar refractivity (Wildman–Crippen MR) is 98.6 cm³/mol. The van der Waals surface area contributed by atoms with E-state index in [1.165, 1.54) is 0 Å². The van der Waals surface area contributed by atoms with E-state index in [1.807, 2.05) is 45.9 Å². The molecule has 0 spiro atoms. The Bertz CT molecular complexity index is 640. The van der Waals surface area contributed by atoms with E-state index in [9.17, 15) is 4.79 Å². The van der Waals surface area contributed by atoms with Gasteiger partial charge in [0, 0.05) is 11.6 Å². The van der Waals surface area contributed by atoms with Crippen LogP contribution < -0.4 is 5.32 Å². The molecule has 3 nitrogen and oxygen atoms in total. The minimum absolute atomic E-state index is 0.311. The van der Waals surface area contributed by atoms with Gasteiger partial charge in [-0.1, -0.05) is 49.1 Å². The lowest BCUT2D eigenvalue weighted by Gasteiger charge is -2.20. The van der Waals surface area contributed by atoms with Gasteiger partial charge in [0.15, 0.2) is 0 Å². The van der Waals surface area contributed by atoms with Gasteiger partial charge >= 0.3 is 6.09 Å². The molecule has 0 heterocycles. The number of amides is 1. The molecule has 0 atom stereocenters. The number of ether oxygens (including phenoxy) is 1. The standard InChI is InChI=1S/C19H24ClNO2/c1-7-9-10-16-13(3)17(20)11-14(15(16)8-2)12-21-18(22)23-19(4,5)6/h7-11H,1-2,12H2,3-6H3,(H,21,22)/b10-9-. The van der Waals surface area contributed by atoms with E-state index in [0.717, 1.165) is 22.3 Å². The highest BCUT2D eigenvalue weighted by Crippen LogP contribution is 2.28. The average Bonchev–Trinajstić information content (AvgIpc) is 2.44. The van der Waals surface area contributed by atoms with Crippen molar-refractivity contribution in [3.63, 3.8) is 0 Å². The summed E-state index contributed by atoms with van der Waals surface area (Å²) in [4.78, 5) is 11.8.